The Morgan fingerprint density at radius 1 is 0.406 bits per heavy atom. The third kappa shape index (κ3) is 13.7. The van der Waals surface area contributed by atoms with E-state index in [-0.39, 0.29) is 36.8 Å². The van der Waals surface area contributed by atoms with Gasteiger partial charge in [0, 0.05) is 11.1 Å². The molecule has 0 aromatic heterocycles. The van der Waals surface area contributed by atoms with E-state index in [1.807, 2.05) is 97.1 Å². The fraction of sp³-hybridized carbons (Fsp3) is 0.184. The van der Waals surface area contributed by atoms with E-state index in [4.69, 9.17) is 43.0 Å². The van der Waals surface area contributed by atoms with Crippen molar-refractivity contribution in [3.8, 4) is 46.0 Å². The summed E-state index contributed by atoms with van der Waals surface area (Å²) < 4.78 is 44.3. The van der Waals surface area contributed by atoms with Gasteiger partial charge in [0.2, 0.25) is 0 Å². The average Bonchev–Trinajstić information content (AvgIpc) is 3.33. The molecule has 0 saturated heterocycles. The Labute approximate surface area is 369 Å². The molecule has 0 heterocycles. The minimum Gasteiger partial charge on any atom is -0.497 e. The third-order valence-electron chi connectivity index (χ3n) is 9.22. The number of nitrogens with zero attached hydrogens (tertiary/aromatic N) is 1. The summed E-state index contributed by atoms with van der Waals surface area (Å²) in [5.41, 5.74) is 3.72. The zero-order chi connectivity index (χ0) is 45.8. The molecule has 0 unspecified atom stereocenters. The second kappa shape index (κ2) is 23.7. The van der Waals surface area contributed by atoms with Crippen molar-refractivity contribution in [3.05, 3.63) is 167 Å². The van der Waals surface area contributed by atoms with Gasteiger partial charge >= 0.3 is 11.9 Å². The van der Waals surface area contributed by atoms with Crippen molar-refractivity contribution in [2.45, 2.75) is 26.4 Å². The predicted molar refractivity (Wildman–Crippen MR) is 235 cm³/mol. The quantitative estimate of drug-likeness (QED) is 0.0304. The van der Waals surface area contributed by atoms with Crippen molar-refractivity contribution in [1.82, 2.24) is 0 Å². The number of Topliss-reactive ketones (excluding diaryl/α,β-unsaturated/α-hetero) is 1. The number of aliphatic carboxylic acids is 2. The molecule has 15 heteroatoms. The molecule has 0 aliphatic heterocycles. The average molecular weight is 874 g/mol. The number of carboxylic acid groups (broad SMARTS) is 2. The SMILES string of the molecule is CO/N=C(\C(=O)O)c1ccc(OCc2ccc(OC)cc2)c(OCc2ccc(OC)cc2)c1.COc1ccc(COc2ccc(C(=O)C(=O)O)cc2OCc2ccc(OC)cc2)cc1. The summed E-state index contributed by atoms with van der Waals surface area (Å²) in [5, 5.41) is 22.1. The van der Waals surface area contributed by atoms with E-state index < -0.39 is 17.7 Å². The van der Waals surface area contributed by atoms with Gasteiger partial charge in [-0.15, -0.1) is 0 Å². The molecule has 64 heavy (non-hydrogen) atoms. The van der Waals surface area contributed by atoms with Crippen LogP contribution in [0, 0.1) is 0 Å². The number of hydrogen-bond donors (Lipinski definition) is 2. The summed E-state index contributed by atoms with van der Waals surface area (Å²) in [4.78, 5) is 39.2. The minimum atomic E-state index is -1.53. The van der Waals surface area contributed by atoms with Crippen LogP contribution in [-0.4, -0.2) is 69.2 Å². The lowest BCUT2D eigenvalue weighted by Gasteiger charge is -2.15. The Hall–Kier alpha value is -8.20. The Morgan fingerprint density at radius 2 is 0.719 bits per heavy atom. The molecule has 332 valence electrons. The van der Waals surface area contributed by atoms with Crippen LogP contribution in [0.3, 0.4) is 0 Å². The van der Waals surface area contributed by atoms with E-state index >= 15 is 0 Å². The summed E-state index contributed by atoms with van der Waals surface area (Å²) >= 11 is 0. The molecule has 2 N–H and O–H groups in total. The number of carboxylic acids is 2. The topological polar surface area (TPSA) is 187 Å². The number of ether oxygens (including phenoxy) is 8. The number of oxime groups is 1. The largest absolute Gasteiger partial charge is 0.497 e. The van der Waals surface area contributed by atoms with Crippen molar-refractivity contribution in [3.63, 3.8) is 0 Å². The molecule has 6 aromatic carbocycles. The fourth-order valence-electron chi connectivity index (χ4n) is 5.73. The second-order valence-electron chi connectivity index (χ2n) is 13.4. The second-order valence-corrected chi connectivity index (χ2v) is 13.4. The highest BCUT2D eigenvalue weighted by Crippen LogP contribution is 2.32. The van der Waals surface area contributed by atoms with Gasteiger partial charge < -0.3 is 52.9 Å². The summed E-state index contributed by atoms with van der Waals surface area (Å²) in [6.45, 7) is 0.999. The first-order chi connectivity index (χ1) is 31.0. The van der Waals surface area contributed by atoms with Crippen LogP contribution in [0.4, 0.5) is 0 Å². The van der Waals surface area contributed by atoms with Gasteiger partial charge in [-0.2, -0.15) is 0 Å². The number of hydrogen-bond acceptors (Lipinski definition) is 13. The zero-order valence-electron chi connectivity index (χ0n) is 35.8. The molecule has 0 aliphatic carbocycles. The Morgan fingerprint density at radius 3 is 1.02 bits per heavy atom. The van der Waals surface area contributed by atoms with Crippen LogP contribution >= 0.6 is 0 Å². The van der Waals surface area contributed by atoms with E-state index in [2.05, 4.69) is 9.99 Å². The van der Waals surface area contributed by atoms with Crippen LogP contribution < -0.4 is 37.9 Å². The number of ketones is 1. The highest BCUT2D eigenvalue weighted by molar-refractivity contribution is 6.42. The maximum Gasteiger partial charge on any atom is 0.377 e. The van der Waals surface area contributed by atoms with E-state index in [9.17, 15) is 19.5 Å². The summed E-state index contributed by atoms with van der Waals surface area (Å²) in [5.74, 6) is 0.699. The van der Waals surface area contributed by atoms with Gasteiger partial charge in [-0.05, 0) is 107 Å². The highest BCUT2D eigenvalue weighted by Gasteiger charge is 2.19. The number of rotatable bonds is 21. The van der Waals surface area contributed by atoms with Crippen molar-refractivity contribution in [2.24, 2.45) is 5.16 Å². The molecule has 6 aromatic rings. The van der Waals surface area contributed by atoms with Crippen LogP contribution in [0.25, 0.3) is 0 Å². The number of benzene rings is 6. The van der Waals surface area contributed by atoms with Crippen LogP contribution in [0.2, 0.25) is 0 Å². The first-order valence-electron chi connectivity index (χ1n) is 19.5. The van der Waals surface area contributed by atoms with Gasteiger partial charge in [0.05, 0.1) is 28.4 Å². The van der Waals surface area contributed by atoms with E-state index in [1.54, 1.807) is 46.6 Å². The molecule has 0 amide bonds. The first kappa shape index (κ1) is 46.9. The molecule has 0 fully saturated rings. The van der Waals surface area contributed by atoms with E-state index in [0.29, 0.717) is 29.4 Å². The van der Waals surface area contributed by atoms with Crippen molar-refractivity contribution >= 4 is 23.4 Å². The van der Waals surface area contributed by atoms with Gasteiger partial charge in [0.15, 0.2) is 28.7 Å². The van der Waals surface area contributed by atoms with Crippen LogP contribution in [0.5, 0.6) is 46.0 Å². The lowest BCUT2D eigenvalue weighted by Crippen LogP contribution is -2.15. The summed E-state index contributed by atoms with van der Waals surface area (Å²) in [6, 6.07) is 38.8. The van der Waals surface area contributed by atoms with Gasteiger partial charge in [-0.1, -0.05) is 53.7 Å². The minimum absolute atomic E-state index is 0.00836. The smallest absolute Gasteiger partial charge is 0.377 e. The molecule has 0 atom stereocenters. The molecule has 0 spiro atoms. The summed E-state index contributed by atoms with van der Waals surface area (Å²) in [6.07, 6.45) is 0. The van der Waals surface area contributed by atoms with Crippen molar-refractivity contribution < 1.29 is 67.3 Å². The number of carbonyl (C=O) groups excluding carboxylic acids is 1. The molecule has 0 radical (unpaired) electrons. The van der Waals surface area contributed by atoms with Gasteiger partial charge in [0.25, 0.3) is 5.78 Å². The monoisotopic (exact) mass is 873 g/mol. The predicted octanol–water partition coefficient (Wildman–Crippen LogP) is 8.43. The standard InChI is InChI=1S/C25H25NO7.C24H22O7/c1-29-20-9-4-17(5-10-20)15-32-22-13-8-19(24(25(27)28)26-31-3)14-23(22)33-16-18-6-11-21(30-2)12-7-18;1-28-19-8-3-16(4-9-19)14-30-21-12-7-18(23(25)24(26)27)13-22(21)31-15-17-5-10-20(29-2)11-6-17/h4-14H,15-16H2,1-3H3,(H,27,28);3-13H,14-15H2,1-2H3,(H,26,27)/b26-24-;. The van der Waals surface area contributed by atoms with Crippen molar-refractivity contribution in [2.75, 3.05) is 35.5 Å². The number of methoxy groups -OCH3 is 4. The molecular weight excluding hydrogens is 827 g/mol. The molecular formula is C49H47NO14. The molecule has 0 aliphatic rings. The molecule has 15 nitrogen and oxygen atoms in total. The van der Waals surface area contributed by atoms with E-state index in [0.717, 1.165) is 45.3 Å². The molecule has 0 saturated carbocycles. The van der Waals surface area contributed by atoms with Gasteiger partial charge in [0.1, 0.15) is 56.5 Å². The number of carbonyl (C=O) groups is 3. The highest BCUT2D eigenvalue weighted by atomic mass is 16.6. The van der Waals surface area contributed by atoms with Crippen molar-refractivity contribution in [1.29, 1.82) is 0 Å². The van der Waals surface area contributed by atoms with Gasteiger partial charge in [-0.25, -0.2) is 9.59 Å². The maximum atomic E-state index is 11.9. The Kier molecular flexibility index (Phi) is 17.4. The maximum absolute atomic E-state index is 11.9. The van der Waals surface area contributed by atoms with Crippen LogP contribution in [0.1, 0.15) is 38.2 Å². The first-order valence-corrected chi connectivity index (χ1v) is 19.5. The molecule has 0 bridgehead atoms. The Balaban J connectivity index is 0.000000241. The lowest BCUT2D eigenvalue weighted by atomic mass is 10.1. The Bertz CT molecular complexity index is 2490. The fourth-order valence-corrected chi connectivity index (χ4v) is 5.73. The molecule has 6 rings (SSSR count). The van der Waals surface area contributed by atoms with Crippen LogP contribution in [-0.2, 0) is 40.9 Å². The lowest BCUT2D eigenvalue weighted by molar-refractivity contribution is -0.132. The van der Waals surface area contributed by atoms with Crippen LogP contribution in [0.15, 0.2) is 139 Å². The normalized spacial score (nSPS) is 10.6. The van der Waals surface area contributed by atoms with E-state index in [1.165, 1.54) is 25.3 Å². The van der Waals surface area contributed by atoms with Gasteiger partial charge in [-0.3, -0.25) is 4.79 Å². The third-order valence-corrected chi connectivity index (χ3v) is 9.22. The summed E-state index contributed by atoms with van der Waals surface area (Å²) in [7, 11) is 7.68. The zero-order valence-corrected chi connectivity index (χ0v) is 35.8.